The van der Waals surface area contributed by atoms with E-state index in [1.807, 2.05) is 36.4 Å². The van der Waals surface area contributed by atoms with Crippen molar-refractivity contribution in [3.63, 3.8) is 0 Å². The van der Waals surface area contributed by atoms with Gasteiger partial charge in [0.15, 0.2) is 5.13 Å². The molecule has 0 amide bonds. The number of nitrogens with zero attached hydrogens (tertiary/aromatic N) is 5. The Labute approximate surface area is 166 Å². The fourth-order valence-corrected chi connectivity index (χ4v) is 4.36. The third-order valence-electron chi connectivity index (χ3n) is 5.01. The average Bonchev–Trinajstić information content (AvgIpc) is 3.46. The van der Waals surface area contributed by atoms with E-state index in [0.29, 0.717) is 11.7 Å². The van der Waals surface area contributed by atoms with Gasteiger partial charge in [-0.1, -0.05) is 41.6 Å². The van der Waals surface area contributed by atoms with Gasteiger partial charge in [-0.2, -0.15) is 4.98 Å². The summed E-state index contributed by atoms with van der Waals surface area (Å²) in [5, 5.41) is 7.32. The first-order valence-electron chi connectivity index (χ1n) is 9.38. The van der Waals surface area contributed by atoms with E-state index in [-0.39, 0.29) is 5.92 Å². The Kier molecular flexibility index (Phi) is 4.58. The molecular weight excluding hydrogens is 370 g/mol. The van der Waals surface area contributed by atoms with Crippen molar-refractivity contribution in [2.24, 2.45) is 0 Å². The second kappa shape index (κ2) is 7.52. The van der Waals surface area contributed by atoms with Gasteiger partial charge in [-0.05, 0) is 25.0 Å². The van der Waals surface area contributed by atoms with Gasteiger partial charge in [-0.15, -0.1) is 11.3 Å². The lowest BCUT2D eigenvalue weighted by Crippen LogP contribution is -2.32. The number of rotatable bonds is 4. The van der Waals surface area contributed by atoms with Gasteiger partial charge in [-0.25, -0.2) is 4.98 Å². The minimum absolute atomic E-state index is 0.287. The van der Waals surface area contributed by atoms with Crippen LogP contribution < -0.4 is 4.90 Å². The number of aromatic nitrogens is 4. The molecule has 28 heavy (non-hydrogen) atoms. The quantitative estimate of drug-likeness (QED) is 0.506. The number of hydrogen-bond donors (Lipinski definition) is 0. The number of thiazole rings is 1. The molecule has 1 aliphatic rings. The van der Waals surface area contributed by atoms with Crippen molar-refractivity contribution in [2.75, 3.05) is 18.0 Å². The zero-order valence-electron chi connectivity index (χ0n) is 15.2. The molecule has 140 valence electrons. The summed E-state index contributed by atoms with van der Waals surface area (Å²) in [5.74, 6) is 1.56. The SMILES string of the molecule is c1ccc(-c2csc(N3CCC(c4nc(-c5ccccn5)no4)CC3)n2)cc1. The van der Waals surface area contributed by atoms with Crippen LogP contribution in [0, 0.1) is 0 Å². The molecule has 0 radical (unpaired) electrons. The summed E-state index contributed by atoms with van der Waals surface area (Å²) in [6.07, 6.45) is 3.69. The Bertz CT molecular complexity index is 953. The van der Waals surface area contributed by atoms with Crippen LogP contribution in [0.15, 0.2) is 64.6 Å². The lowest BCUT2D eigenvalue weighted by atomic mass is 9.97. The van der Waals surface area contributed by atoms with Crippen LogP contribution in [0.2, 0.25) is 0 Å². The van der Waals surface area contributed by atoms with Crippen LogP contribution in [0.1, 0.15) is 24.7 Å². The summed E-state index contributed by atoms with van der Waals surface area (Å²) in [6, 6.07) is 16.0. The molecule has 4 heterocycles. The molecule has 5 rings (SSSR count). The van der Waals surface area contributed by atoms with Gasteiger partial charge in [-0.3, -0.25) is 4.98 Å². The first-order chi connectivity index (χ1) is 13.9. The van der Waals surface area contributed by atoms with Crippen molar-refractivity contribution in [3.8, 4) is 22.8 Å². The molecular formula is C21H19N5OS. The van der Waals surface area contributed by atoms with E-state index >= 15 is 0 Å². The molecule has 6 nitrogen and oxygen atoms in total. The van der Waals surface area contributed by atoms with Crippen molar-refractivity contribution in [1.29, 1.82) is 0 Å². The van der Waals surface area contributed by atoms with Gasteiger partial charge in [0.25, 0.3) is 0 Å². The van der Waals surface area contributed by atoms with Crippen molar-refractivity contribution in [1.82, 2.24) is 20.1 Å². The Morgan fingerprint density at radius 3 is 2.54 bits per heavy atom. The first-order valence-corrected chi connectivity index (χ1v) is 10.3. The van der Waals surface area contributed by atoms with E-state index in [1.165, 1.54) is 0 Å². The Balaban J connectivity index is 1.25. The highest BCUT2D eigenvalue weighted by Crippen LogP contribution is 2.33. The number of hydrogen-bond acceptors (Lipinski definition) is 7. The molecule has 0 spiro atoms. The lowest BCUT2D eigenvalue weighted by molar-refractivity contribution is 0.329. The molecule has 0 aliphatic carbocycles. The monoisotopic (exact) mass is 389 g/mol. The van der Waals surface area contributed by atoms with Crippen LogP contribution in [0.3, 0.4) is 0 Å². The summed E-state index contributed by atoms with van der Waals surface area (Å²) in [4.78, 5) is 16.0. The molecule has 0 saturated carbocycles. The van der Waals surface area contributed by atoms with Crippen LogP contribution >= 0.6 is 11.3 Å². The van der Waals surface area contributed by atoms with Crippen molar-refractivity contribution in [3.05, 3.63) is 66.0 Å². The predicted molar refractivity (Wildman–Crippen MR) is 109 cm³/mol. The number of anilines is 1. The summed E-state index contributed by atoms with van der Waals surface area (Å²) in [6.45, 7) is 1.88. The highest BCUT2D eigenvalue weighted by Gasteiger charge is 2.27. The van der Waals surface area contributed by atoms with Crippen molar-refractivity contribution < 1.29 is 4.52 Å². The normalized spacial score (nSPS) is 15.1. The molecule has 0 N–H and O–H groups in total. The zero-order chi connectivity index (χ0) is 18.8. The summed E-state index contributed by atoms with van der Waals surface area (Å²) >= 11 is 1.70. The number of pyridine rings is 1. The highest BCUT2D eigenvalue weighted by atomic mass is 32.1. The second-order valence-corrected chi connectivity index (χ2v) is 7.65. The van der Waals surface area contributed by atoms with Gasteiger partial charge in [0.1, 0.15) is 5.69 Å². The fraction of sp³-hybridized carbons (Fsp3) is 0.238. The Morgan fingerprint density at radius 2 is 1.75 bits per heavy atom. The second-order valence-electron chi connectivity index (χ2n) is 6.81. The molecule has 1 aromatic carbocycles. The molecule has 0 unspecified atom stereocenters. The summed E-state index contributed by atoms with van der Waals surface area (Å²) in [7, 11) is 0. The number of piperidine rings is 1. The smallest absolute Gasteiger partial charge is 0.230 e. The van der Waals surface area contributed by atoms with Crippen LogP contribution in [0.25, 0.3) is 22.8 Å². The first kappa shape index (κ1) is 17.1. The van der Waals surface area contributed by atoms with Gasteiger partial charge in [0.2, 0.25) is 11.7 Å². The zero-order valence-corrected chi connectivity index (χ0v) is 16.0. The van der Waals surface area contributed by atoms with Crippen molar-refractivity contribution >= 4 is 16.5 Å². The standard InChI is InChI=1S/C21H19N5OS/c1-2-6-15(7-3-1)18-14-28-21(23-18)26-12-9-16(10-13-26)20-24-19(25-27-20)17-8-4-5-11-22-17/h1-8,11,14,16H,9-10,12-13H2. The molecule has 3 aromatic heterocycles. The van der Waals surface area contributed by atoms with Crippen LogP contribution in [0.4, 0.5) is 5.13 Å². The van der Waals surface area contributed by atoms with Gasteiger partial charge in [0.05, 0.1) is 5.69 Å². The summed E-state index contributed by atoms with van der Waals surface area (Å²) in [5.41, 5.74) is 2.94. The van der Waals surface area contributed by atoms with Gasteiger partial charge >= 0.3 is 0 Å². The maximum absolute atomic E-state index is 5.53. The topological polar surface area (TPSA) is 67.9 Å². The maximum Gasteiger partial charge on any atom is 0.230 e. The predicted octanol–water partition coefficient (Wildman–Crippen LogP) is 4.64. The maximum atomic E-state index is 5.53. The fourth-order valence-electron chi connectivity index (χ4n) is 3.47. The minimum Gasteiger partial charge on any atom is -0.348 e. The van der Waals surface area contributed by atoms with Crippen LogP contribution in [-0.4, -0.2) is 33.2 Å². The molecule has 1 saturated heterocycles. The molecule has 0 bridgehead atoms. The molecule has 1 fully saturated rings. The third-order valence-corrected chi connectivity index (χ3v) is 5.91. The van der Waals surface area contributed by atoms with E-state index in [0.717, 1.165) is 48.0 Å². The Morgan fingerprint density at radius 1 is 0.929 bits per heavy atom. The number of benzene rings is 1. The lowest BCUT2D eigenvalue weighted by Gasteiger charge is -2.29. The van der Waals surface area contributed by atoms with Crippen molar-refractivity contribution in [2.45, 2.75) is 18.8 Å². The van der Waals surface area contributed by atoms with Gasteiger partial charge < -0.3 is 9.42 Å². The highest BCUT2D eigenvalue weighted by molar-refractivity contribution is 7.14. The average molecular weight is 389 g/mol. The van der Waals surface area contributed by atoms with E-state index in [2.05, 4.69) is 37.5 Å². The van der Waals surface area contributed by atoms with E-state index in [4.69, 9.17) is 9.51 Å². The van der Waals surface area contributed by atoms with E-state index in [1.54, 1.807) is 17.5 Å². The molecule has 4 aromatic rings. The minimum atomic E-state index is 0.287. The summed E-state index contributed by atoms with van der Waals surface area (Å²) < 4.78 is 5.53. The van der Waals surface area contributed by atoms with Crippen LogP contribution in [0.5, 0.6) is 0 Å². The van der Waals surface area contributed by atoms with E-state index < -0.39 is 0 Å². The Hall–Kier alpha value is -3.06. The third kappa shape index (κ3) is 3.41. The van der Waals surface area contributed by atoms with E-state index in [9.17, 15) is 0 Å². The molecule has 0 atom stereocenters. The van der Waals surface area contributed by atoms with Gasteiger partial charge in [0, 0.05) is 36.1 Å². The largest absolute Gasteiger partial charge is 0.348 e. The van der Waals surface area contributed by atoms with Crippen LogP contribution in [-0.2, 0) is 0 Å². The molecule has 1 aliphatic heterocycles. The molecule has 7 heteroatoms.